The predicted octanol–water partition coefficient (Wildman–Crippen LogP) is 0.443. The third kappa shape index (κ3) is 2.59. The Hall–Kier alpha value is -1.84. The van der Waals surface area contributed by atoms with Crippen LogP contribution in [0.25, 0.3) is 0 Å². The van der Waals surface area contributed by atoms with Crippen LogP contribution in [-0.2, 0) is 9.59 Å². The van der Waals surface area contributed by atoms with Gasteiger partial charge < -0.3 is 10.4 Å². The van der Waals surface area contributed by atoms with Gasteiger partial charge in [0.05, 0.1) is 5.92 Å². The van der Waals surface area contributed by atoms with Crippen LogP contribution in [0.5, 0.6) is 0 Å². The number of carbonyl (C=O) groups excluding carboxylic acids is 1. The molecule has 0 saturated carbocycles. The number of carboxylic acid groups (broad SMARTS) is 1. The van der Waals surface area contributed by atoms with Crippen molar-refractivity contribution >= 4 is 12.4 Å². The highest BCUT2D eigenvalue weighted by atomic mass is 16.4. The van der Waals surface area contributed by atoms with E-state index in [1.54, 1.807) is 18.2 Å². The van der Waals surface area contributed by atoms with Crippen LogP contribution in [0.15, 0.2) is 36.1 Å². The van der Waals surface area contributed by atoms with Crippen LogP contribution in [0.3, 0.4) is 0 Å². The van der Waals surface area contributed by atoms with E-state index in [9.17, 15) is 9.59 Å². The summed E-state index contributed by atoms with van der Waals surface area (Å²) in [6.45, 7) is 0. The first-order valence-corrected chi connectivity index (χ1v) is 3.73. The average molecular weight is 179 g/mol. The third-order valence-electron chi connectivity index (χ3n) is 1.59. The second-order valence-corrected chi connectivity index (χ2v) is 2.49. The molecule has 0 radical (unpaired) electrons. The second-order valence-electron chi connectivity index (χ2n) is 2.49. The molecule has 68 valence electrons. The van der Waals surface area contributed by atoms with Gasteiger partial charge in [0.2, 0.25) is 6.41 Å². The zero-order chi connectivity index (χ0) is 9.68. The summed E-state index contributed by atoms with van der Waals surface area (Å²) in [5.41, 5.74) is 0.579. The number of rotatable bonds is 3. The molecule has 4 nitrogen and oxygen atoms in total. The zero-order valence-electron chi connectivity index (χ0n) is 6.81. The van der Waals surface area contributed by atoms with Crippen LogP contribution in [0, 0.1) is 5.92 Å². The van der Waals surface area contributed by atoms with E-state index in [-0.39, 0.29) is 0 Å². The molecule has 0 aliphatic heterocycles. The molecular weight excluding hydrogens is 170 g/mol. The summed E-state index contributed by atoms with van der Waals surface area (Å²) < 4.78 is 0. The van der Waals surface area contributed by atoms with Gasteiger partial charge in [-0.25, -0.2) is 0 Å². The fourth-order valence-corrected chi connectivity index (χ4v) is 0.935. The van der Waals surface area contributed by atoms with Crippen LogP contribution >= 0.6 is 0 Å². The van der Waals surface area contributed by atoms with Crippen molar-refractivity contribution in [1.29, 1.82) is 0 Å². The van der Waals surface area contributed by atoms with Gasteiger partial charge in [-0.2, -0.15) is 0 Å². The lowest BCUT2D eigenvalue weighted by Gasteiger charge is -1.98. The topological polar surface area (TPSA) is 66.4 Å². The van der Waals surface area contributed by atoms with Crippen LogP contribution in [-0.4, -0.2) is 17.5 Å². The number of amides is 1. The maximum atomic E-state index is 10.6. The van der Waals surface area contributed by atoms with Gasteiger partial charge in [0.15, 0.2) is 0 Å². The highest BCUT2D eigenvalue weighted by molar-refractivity contribution is 5.75. The number of hydrogen-bond donors (Lipinski definition) is 2. The molecule has 0 saturated heterocycles. The molecule has 1 unspecified atom stereocenters. The molecule has 1 aliphatic rings. The van der Waals surface area contributed by atoms with E-state index < -0.39 is 11.9 Å². The number of nitrogens with one attached hydrogen (secondary N) is 1. The lowest BCUT2D eigenvalue weighted by molar-refractivity contribution is -0.138. The van der Waals surface area contributed by atoms with Crippen LogP contribution < -0.4 is 5.32 Å². The third-order valence-corrected chi connectivity index (χ3v) is 1.59. The summed E-state index contributed by atoms with van der Waals surface area (Å²) in [7, 11) is 0. The van der Waals surface area contributed by atoms with E-state index in [4.69, 9.17) is 5.11 Å². The molecule has 0 heterocycles. The molecular formula is C9H9NO3. The highest BCUT2D eigenvalue weighted by Gasteiger charge is 2.10. The van der Waals surface area contributed by atoms with Crippen molar-refractivity contribution in [2.75, 3.05) is 0 Å². The second kappa shape index (κ2) is 4.25. The average Bonchev–Trinajstić information content (AvgIpc) is 2.30. The van der Waals surface area contributed by atoms with Crippen molar-refractivity contribution in [1.82, 2.24) is 5.32 Å². The van der Waals surface area contributed by atoms with Crippen molar-refractivity contribution in [3.8, 4) is 0 Å². The van der Waals surface area contributed by atoms with Gasteiger partial charge in [-0.1, -0.05) is 18.2 Å². The van der Waals surface area contributed by atoms with Crippen molar-refractivity contribution in [3.63, 3.8) is 0 Å². The van der Waals surface area contributed by atoms with E-state index >= 15 is 0 Å². The fraction of sp³-hybridized carbons (Fsp3) is 0.111. The largest absolute Gasteiger partial charge is 0.481 e. The molecule has 2 N–H and O–H groups in total. The Morgan fingerprint density at radius 1 is 1.54 bits per heavy atom. The quantitative estimate of drug-likeness (QED) is 0.618. The molecule has 4 heteroatoms. The normalized spacial score (nSPS) is 20.3. The maximum Gasteiger partial charge on any atom is 0.314 e. The Morgan fingerprint density at radius 2 is 2.31 bits per heavy atom. The Labute approximate surface area is 75.3 Å². The van der Waals surface area contributed by atoms with Crippen molar-refractivity contribution < 1.29 is 14.7 Å². The summed E-state index contributed by atoms with van der Waals surface area (Å²) in [6, 6.07) is 0. The molecule has 0 aromatic heterocycles. The summed E-state index contributed by atoms with van der Waals surface area (Å²) >= 11 is 0. The van der Waals surface area contributed by atoms with Crippen LogP contribution in [0.2, 0.25) is 0 Å². The standard InChI is InChI=1S/C9H9NO3/c11-6-10-8-3-1-2-7(4-5-8)9(12)13/h1-7H,(H,10,11)(H,12,13). The van der Waals surface area contributed by atoms with E-state index in [1.807, 2.05) is 0 Å². The smallest absolute Gasteiger partial charge is 0.314 e. The number of aliphatic carboxylic acids is 1. The molecule has 0 spiro atoms. The summed E-state index contributed by atoms with van der Waals surface area (Å²) in [5.74, 6) is -1.53. The molecule has 1 rings (SSSR count). The van der Waals surface area contributed by atoms with Crippen molar-refractivity contribution in [3.05, 3.63) is 36.1 Å². The summed E-state index contributed by atoms with van der Waals surface area (Å²) in [4.78, 5) is 20.6. The van der Waals surface area contributed by atoms with Gasteiger partial charge >= 0.3 is 5.97 Å². The Kier molecular flexibility index (Phi) is 3.03. The Balaban J connectivity index is 2.74. The van der Waals surface area contributed by atoms with Gasteiger partial charge in [-0.05, 0) is 12.2 Å². The fourth-order valence-electron chi connectivity index (χ4n) is 0.935. The monoisotopic (exact) mass is 179 g/mol. The maximum absolute atomic E-state index is 10.6. The van der Waals surface area contributed by atoms with Gasteiger partial charge in [-0.15, -0.1) is 0 Å². The predicted molar refractivity (Wildman–Crippen MR) is 46.7 cm³/mol. The van der Waals surface area contributed by atoms with Crippen LogP contribution in [0.1, 0.15) is 0 Å². The molecule has 0 bridgehead atoms. The van der Waals surface area contributed by atoms with Gasteiger partial charge in [-0.3, -0.25) is 9.59 Å². The molecule has 0 aromatic rings. The minimum absolute atomic E-state index is 0.547. The van der Waals surface area contributed by atoms with Crippen molar-refractivity contribution in [2.24, 2.45) is 5.92 Å². The number of hydrogen-bond acceptors (Lipinski definition) is 2. The van der Waals surface area contributed by atoms with E-state index in [2.05, 4.69) is 5.32 Å². The van der Waals surface area contributed by atoms with E-state index in [0.29, 0.717) is 12.1 Å². The lowest BCUT2D eigenvalue weighted by Crippen LogP contribution is -2.09. The molecule has 1 amide bonds. The first-order valence-electron chi connectivity index (χ1n) is 3.73. The van der Waals surface area contributed by atoms with Crippen LogP contribution in [0.4, 0.5) is 0 Å². The van der Waals surface area contributed by atoms with Gasteiger partial charge in [0.1, 0.15) is 0 Å². The first kappa shape index (κ1) is 9.25. The number of allylic oxidation sites excluding steroid dienone is 3. The summed E-state index contributed by atoms with van der Waals surface area (Å²) in [6.07, 6.45) is 8.39. The minimum Gasteiger partial charge on any atom is -0.481 e. The zero-order valence-corrected chi connectivity index (χ0v) is 6.81. The molecule has 13 heavy (non-hydrogen) atoms. The van der Waals surface area contributed by atoms with Gasteiger partial charge in [0.25, 0.3) is 0 Å². The van der Waals surface area contributed by atoms with Crippen molar-refractivity contribution in [2.45, 2.75) is 0 Å². The summed E-state index contributed by atoms with van der Waals surface area (Å²) in [5, 5.41) is 11.1. The molecule has 1 atom stereocenters. The van der Waals surface area contributed by atoms with E-state index in [0.717, 1.165) is 0 Å². The minimum atomic E-state index is -0.909. The first-order chi connectivity index (χ1) is 6.24. The Morgan fingerprint density at radius 3 is 2.92 bits per heavy atom. The SMILES string of the molecule is O=CNC1=CC=CC(C(=O)O)C=C1. The lowest BCUT2D eigenvalue weighted by atomic mass is 10.1. The molecule has 0 aromatic carbocycles. The van der Waals surface area contributed by atoms with Gasteiger partial charge in [0, 0.05) is 5.70 Å². The number of carboxylic acids is 1. The van der Waals surface area contributed by atoms with E-state index in [1.165, 1.54) is 12.2 Å². The number of carbonyl (C=O) groups is 2. The molecule has 1 aliphatic carbocycles. The molecule has 0 fully saturated rings. The highest BCUT2D eigenvalue weighted by Crippen LogP contribution is 2.08. The Bertz CT molecular complexity index is 302.